The standard InChI is InChI=1S/C25H21N3O5/c1-17-4-3-5-21(12-17)27-25(29)20(15-26)13-19-8-11-23(24(14-19)32-2)33-16-18-6-9-22(10-7-18)28(30)31/h3-14H,16H2,1-2H3,(H,27,29)/b20-13-. The average Bonchev–Trinajstić information content (AvgIpc) is 2.81. The van der Waals surface area contributed by atoms with Crippen LogP contribution in [0.2, 0.25) is 0 Å². The molecule has 0 fully saturated rings. The molecule has 166 valence electrons. The van der Waals surface area contributed by atoms with Gasteiger partial charge in [0.2, 0.25) is 0 Å². The molecule has 0 atom stereocenters. The highest BCUT2D eigenvalue weighted by atomic mass is 16.6. The van der Waals surface area contributed by atoms with Crippen LogP contribution in [-0.4, -0.2) is 17.9 Å². The monoisotopic (exact) mass is 443 g/mol. The zero-order chi connectivity index (χ0) is 23.8. The van der Waals surface area contributed by atoms with Gasteiger partial charge in [0, 0.05) is 17.8 Å². The molecular weight excluding hydrogens is 422 g/mol. The molecule has 3 aromatic rings. The summed E-state index contributed by atoms with van der Waals surface area (Å²) >= 11 is 0. The van der Waals surface area contributed by atoms with Crippen LogP contribution in [0, 0.1) is 28.4 Å². The highest BCUT2D eigenvalue weighted by molar-refractivity contribution is 6.09. The lowest BCUT2D eigenvalue weighted by Gasteiger charge is -2.12. The average molecular weight is 443 g/mol. The Bertz CT molecular complexity index is 1240. The predicted octanol–water partition coefficient (Wildman–Crippen LogP) is 5.04. The molecule has 8 heteroatoms. The summed E-state index contributed by atoms with van der Waals surface area (Å²) in [7, 11) is 1.48. The molecule has 0 unspecified atom stereocenters. The minimum absolute atomic E-state index is 0.00667. The van der Waals surface area contributed by atoms with E-state index in [1.807, 2.05) is 31.2 Å². The van der Waals surface area contributed by atoms with Crippen LogP contribution in [0.1, 0.15) is 16.7 Å². The molecule has 0 aliphatic heterocycles. The van der Waals surface area contributed by atoms with E-state index in [2.05, 4.69) is 5.32 Å². The maximum atomic E-state index is 12.5. The van der Waals surface area contributed by atoms with Gasteiger partial charge in [0.05, 0.1) is 12.0 Å². The number of nitrogens with one attached hydrogen (secondary N) is 1. The van der Waals surface area contributed by atoms with Crippen molar-refractivity contribution in [2.75, 3.05) is 12.4 Å². The van der Waals surface area contributed by atoms with Gasteiger partial charge in [-0.15, -0.1) is 0 Å². The Balaban J connectivity index is 1.73. The van der Waals surface area contributed by atoms with Crippen molar-refractivity contribution in [2.24, 2.45) is 0 Å². The Morgan fingerprint density at radius 1 is 1.12 bits per heavy atom. The number of nitrogens with zero attached hydrogens (tertiary/aromatic N) is 2. The Kier molecular flexibility index (Phi) is 7.39. The van der Waals surface area contributed by atoms with E-state index in [-0.39, 0.29) is 17.9 Å². The van der Waals surface area contributed by atoms with Gasteiger partial charge < -0.3 is 14.8 Å². The van der Waals surface area contributed by atoms with Gasteiger partial charge in [-0.05, 0) is 66.1 Å². The SMILES string of the molecule is COc1cc(/C=C(/C#N)C(=O)Nc2cccc(C)c2)ccc1OCc1ccc([N+](=O)[O-])cc1. The molecule has 3 rings (SSSR count). The molecule has 8 nitrogen and oxygen atoms in total. The first-order chi connectivity index (χ1) is 15.9. The van der Waals surface area contributed by atoms with Crippen LogP contribution in [0.5, 0.6) is 11.5 Å². The van der Waals surface area contributed by atoms with E-state index in [4.69, 9.17) is 9.47 Å². The minimum atomic E-state index is -0.513. The topological polar surface area (TPSA) is 114 Å². The lowest BCUT2D eigenvalue weighted by Crippen LogP contribution is -2.13. The van der Waals surface area contributed by atoms with E-state index >= 15 is 0 Å². The summed E-state index contributed by atoms with van der Waals surface area (Å²) in [5.74, 6) is 0.360. The van der Waals surface area contributed by atoms with Gasteiger partial charge in [0.1, 0.15) is 18.2 Å². The third kappa shape index (κ3) is 6.18. The fraction of sp³-hybridized carbons (Fsp3) is 0.120. The molecule has 33 heavy (non-hydrogen) atoms. The summed E-state index contributed by atoms with van der Waals surface area (Å²) < 4.78 is 11.2. The van der Waals surface area contributed by atoms with E-state index in [0.717, 1.165) is 11.1 Å². The lowest BCUT2D eigenvalue weighted by molar-refractivity contribution is -0.384. The van der Waals surface area contributed by atoms with Crippen molar-refractivity contribution in [3.63, 3.8) is 0 Å². The molecule has 0 bridgehead atoms. The van der Waals surface area contributed by atoms with E-state index in [0.29, 0.717) is 22.7 Å². The maximum absolute atomic E-state index is 12.5. The first-order valence-corrected chi connectivity index (χ1v) is 9.93. The number of ether oxygens (including phenoxy) is 2. The van der Waals surface area contributed by atoms with Crippen molar-refractivity contribution >= 4 is 23.4 Å². The van der Waals surface area contributed by atoms with Crippen molar-refractivity contribution in [1.82, 2.24) is 0 Å². The molecule has 1 amide bonds. The molecule has 0 aromatic heterocycles. The van der Waals surface area contributed by atoms with Crippen LogP contribution in [-0.2, 0) is 11.4 Å². The summed E-state index contributed by atoms with van der Waals surface area (Å²) in [5, 5.41) is 22.9. The van der Waals surface area contributed by atoms with Crippen molar-refractivity contribution in [3.05, 3.63) is 99.1 Å². The summed E-state index contributed by atoms with van der Waals surface area (Å²) in [6.07, 6.45) is 1.47. The molecule has 0 heterocycles. The van der Waals surface area contributed by atoms with Crippen molar-refractivity contribution in [1.29, 1.82) is 5.26 Å². The minimum Gasteiger partial charge on any atom is -0.493 e. The number of nitro benzene ring substituents is 1. The molecular formula is C25H21N3O5. The van der Waals surface area contributed by atoms with Crippen LogP contribution in [0.15, 0.2) is 72.3 Å². The number of non-ortho nitro benzene ring substituents is 1. The first kappa shape index (κ1) is 23.0. The van der Waals surface area contributed by atoms with Gasteiger partial charge in [-0.2, -0.15) is 5.26 Å². The molecule has 0 aliphatic rings. The highest BCUT2D eigenvalue weighted by Gasteiger charge is 2.12. The summed E-state index contributed by atoms with van der Waals surface area (Å²) in [6.45, 7) is 2.10. The quantitative estimate of drug-likeness (QED) is 0.226. The second-order valence-corrected chi connectivity index (χ2v) is 7.12. The maximum Gasteiger partial charge on any atom is 0.269 e. The number of carbonyl (C=O) groups is 1. The Morgan fingerprint density at radius 2 is 1.88 bits per heavy atom. The second kappa shape index (κ2) is 10.6. The number of rotatable bonds is 8. The third-order valence-corrected chi connectivity index (χ3v) is 4.68. The molecule has 1 N–H and O–H groups in total. The zero-order valence-corrected chi connectivity index (χ0v) is 18.1. The Hall–Kier alpha value is -4.64. The number of amides is 1. The third-order valence-electron chi connectivity index (χ3n) is 4.68. The first-order valence-electron chi connectivity index (χ1n) is 9.93. The van der Waals surface area contributed by atoms with Crippen LogP contribution >= 0.6 is 0 Å². The number of hydrogen-bond acceptors (Lipinski definition) is 6. The Morgan fingerprint density at radius 3 is 2.52 bits per heavy atom. The number of carbonyl (C=O) groups excluding carboxylic acids is 1. The molecule has 0 radical (unpaired) electrons. The lowest BCUT2D eigenvalue weighted by atomic mass is 10.1. The number of nitro groups is 1. The van der Waals surface area contributed by atoms with Gasteiger partial charge in [-0.1, -0.05) is 18.2 Å². The molecule has 0 saturated heterocycles. The molecule has 3 aromatic carbocycles. The van der Waals surface area contributed by atoms with Crippen molar-refractivity contribution in [3.8, 4) is 17.6 Å². The van der Waals surface area contributed by atoms with Crippen LogP contribution in [0.25, 0.3) is 6.08 Å². The fourth-order valence-corrected chi connectivity index (χ4v) is 3.00. The Labute approximate surface area is 190 Å². The van der Waals surface area contributed by atoms with Crippen molar-refractivity contribution in [2.45, 2.75) is 13.5 Å². The highest BCUT2D eigenvalue weighted by Crippen LogP contribution is 2.30. The second-order valence-electron chi connectivity index (χ2n) is 7.12. The van der Waals surface area contributed by atoms with Gasteiger partial charge in [-0.25, -0.2) is 0 Å². The molecule has 0 spiro atoms. The van der Waals surface area contributed by atoms with E-state index < -0.39 is 10.8 Å². The number of methoxy groups -OCH3 is 1. The number of benzene rings is 3. The van der Waals surface area contributed by atoms with Crippen LogP contribution in [0.3, 0.4) is 0 Å². The zero-order valence-electron chi connectivity index (χ0n) is 18.1. The van der Waals surface area contributed by atoms with E-state index in [1.165, 1.54) is 25.3 Å². The van der Waals surface area contributed by atoms with Crippen LogP contribution in [0.4, 0.5) is 11.4 Å². The summed E-state index contributed by atoms with van der Waals surface area (Å²) in [4.78, 5) is 22.8. The number of hydrogen-bond donors (Lipinski definition) is 1. The van der Waals surface area contributed by atoms with Gasteiger partial charge in [0.15, 0.2) is 11.5 Å². The largest absolute Gasteiger partial charge is 0.493 e. The number of anilines is 1. The number of aryl methyl sites for hydroxylation is 1. The van der Waals surface area contributed by atoms with Crippen molar-refractivity contribution < 1.29 is 19.2 Å². The van der Waals surface area contributed by atoms with E-state index in [9.17, 15) is 20.2 Å². The van der Waals surface area contributed by atoms with Gasteiger partial charge in [0.25, 0.3) is 11.6 Å². The summed E-state index contributed by atoms with van der Waals surface area (Å²) in [5.41, 5.74) is 2.89. The van der Waals surface area contributed by atoms with Gasteiger partial charge >= 0.3 is 0 Å². The van der Waals surface area contributed by atoms with Crippen LogP contribution < -0.4 is 14.8 Å². The smallest absolute Gasteiger partial charge is 0.269 e. The fourth-order valence-electron chi connectivity index (χ4n) is 3.00. The van der Waals surface area contributed by atoms with E-state index in [1.54, 1.807) is 36.4 Å². The van der Waals surface area contributed by atoms with Gasteiger partial charge in [-0.3, -0.25) is 14.9 Å². The molecule has 0 aliphatic carbocycles. The summed E-state index contributed by atoms with van der Waals surface area (Å²) in [6, 6.07) is 20.3. The normalized spacial score (nSPS) is 10.8. The number of nitriles is 1. The molecule has 0 saturated carbocycles. The predicted molar refractivity (Wildman–Crippen MR) is 124 cm³/mol.